The maximum absolute atomic E-state index is 14.4. The molecule has 8 nitrogen and oxygen atoms in total. The van der Waals surface area contributed by atoms with Crippen LogP contribution in [-0.2, 0) is 19.1 Å². The maximum Gasteiger partial charge on any atom is 0.309 e. The molecule has 0 radical (unpaired) electrons. The number of amidine groups is 1. The highest BCUT2D eigenvalue weighted by Crippen LogP contribution is 2.77. The second-order valence-electron chi connectivity index (χ2n) is 19.6. The summed E-state index contributed by atoms with van der Waals surface area (Å²) in [4.78, 5) is 46.3. The molecule has 7 aliphatic rings. The molecule has 0 aromatic carbocycles. The Morgan fingerprint density at radius 3 is 2.36 bits per heavy atom. The van der Waals surface area contributed by atoms with Gasteiger partial charge in [0.25, 0.3) is 0 Å². The molecule has 0 spiro atoms. The van der Waals surface area contributed by atoms with Crippen molar-refractivity contribution in [3.05, 3.63) is 24.3 Å². The minimum absolute atomic E-state index is 0.111. The van der Waals surface area contributed by atoms with Crippen molar-refractivity contribution in [2.24, 2.45) is 61.2 Å². The molecule has 50 heavy (non-hydrogen) atoms. The van der Waals surface area contributed by atoms with Crippen LogP contribution in [0.3, 0.4) is 0 Å². The molecule has 6 aliphatic carbocycles. The van der Waals surface area contributed by atoms with E-state index in [0.29, 0.717) is 30.2 Å². The molecule has 10 unspecified atom stereocenters. The number of hydrogen-bond acceptors (Lipinski definition) is 6. The lowest BCUT2D eigenvalue weighted by Gasteiger charge is -2.72. The van der Waals surface area contributed by atoms with E-state index in [-0.39, 0.29) is 57.6 Å². The van der Waals surface area contributed by atoms with Gasteiger partial charge in [0, 0.05) is 12.5 Å². The number of carboxylic acids is 1. The van der Waals surface area contributed by atoms with Gasteiger partial charge in [0.05, 0.1) is 35.9 Å². The first-order chi connectivity index (χ1) is 23.4. The summed E-state index contributed by atoms with van der Waals surface area (Å²) in [5.74, 6) is 1.88. The average molecular weight is 690 g/mol. The quantitative estimate of drug-likeness (QED) is 0.267. The van der Waals surface area contributed by atoms with E-state index < -0.39 is 17.4 Å². The van der Waals surface area contributed by atoms with Gasteiger partial charge in [-0.15, -0.1) is 0 Å². The highest BCUT2D eigenvalue weighted by Gasteiger charge is 2.71. The van der Waals surface area contributed by atoms with Gasteiger partial charge in [-0.05, 0) is 118 Å². The van der Waals surface area contributed by atoms with Crippen LogP contribution in [0.15, 0.2) is 29.3 Å². The number of esters is 1. The lowest BCUT2D eigenvalue weighted by molar-refractivity contribution is -0.247. The number of amides is 1. The van der Waals surface area contributed by atoms with Gasteiger partial charge < -0.3 is 20.1 Å². The van der Waals surface area contributed by atoms with Gasteiger partial charge in [-0.1, -0.05) is 65.3 Å². The maximum atomic E-state index is 14.4. The smallest absolute Gasteiger partial charge is 0.309 e. The Morgan fingerprint density at radius 2 is 1.64 bits per heavy atom. The van der Waals surface area contributed by atoms with Crippen LogP contribution in [0.4, 0.5) is 0 Å². The number of carbonyl (C=O) groups is 3. The minimum Gasteiger partial charge on any atom is -0.481 e. The number of nitrogens with one attached hydrogen (secondary N) is 1. The van der Waals surface area contributed by atoms with E-state index in [0.717, 1.165) is 57.2 Å². The third-order valence-electron chi connectivity index (χ3n) is 16.8. The number of likely N-dealkylation sites (N-methyl/N-ethyl adjacent to an activating group) is 1. The molecule has 5 saturated carbocycles. The molecule has 0 saturated heterocycles. The van der Waals surface area contributed by atoms with Crippen molar-refractivity contribution in [2.75, 3.05) is 13.6 Å². The fourth-order valence-electron chi connectivity index (χ4n) is 13.8. The predicted molar refractivity (Wildman–Crippen MR) is 195 cm³/mol. The van der Waals surface area contributed by atoms with Crippen molar-refractivity contribution in [2.45, 2.75) is 144 Å². The van der Waals surface area contributed by atoms with Crippen LogP contribution < -0.4 is 5.32 Å². The third-order valence-corrected chi connectivity index (χ3v) is 16.8. The predicted octanol–water partition coefficient (Wildman–Crippen LogP) is 7.58. The molecule has 2 N–H and O–H groups in total. The Labute approximate surface area is 300 Å². The normalized spacial score (nSPS) is 44.2. The van der Waals surface area contributed by atoms with E-state index >= 15 is 0 Å². The summed E-state index contributed by atoms with van der Waals surface area (Å²) in [6, 6.07) is 0.392. The standard InChI is InChI=1S/C42H63N3O5/c1-37(2,36(48)49)24-34(46)50-32-18-20-39(5)30(38(32,3)4)17-21-41(7)31(39)16-15-26-27-12-11-19-42(27,23-22-40(26,41)6)35(47)43-25-33-44-28-13-9-10-14-29(28)45(33)8/h9-10,13-14,26-32H,11-12,15-25H2,1-8H3,(H,43,47)(H,48,49)/t26?,27?,28?,29?,30?,31?,32?,39?,40-,41?,42?/m1/s1. The van der Waals surface area contributed by atoms with Crippen LogP contribution in [0.25, 0.3) is 0 Å². The van der Waals surface area contributed by atoms with Crippen LogP contribution in [0.5, 0.6) is 0 Å². The van der Waals surface area contributed by atoms with Gasteiger partial charge in [-0.3, -0.25) is 19.4 Å². The van der Waals surface area contributed by atoms with E-state index in [4.69, 9.17) is 9.73 Å². The number of allylic oxidation sites excluding steroid dienone is 2. The lowest BCUT2D eigenvalue weighted by atomic mass is 9.32. The second-order valence-corrected chi connectivity index (χ2v) is 19.6. The second kappa shape index (κ2) is 11.9. The monoisotopic (exact) mass is 689 g/mol. The molecular weight excluding hydrogens is 626 g/mol. The molecule has 5 fully saturated rings. The lowest BCUT2D eigenvalue weighted by Crippen LogP contribution is -2.67. The van der Waals surface area contributed by atoms with Crippen LogP contribution in [-0.4, -0.2) is 65.5 Å². The summed E-state index contributed by atoms with van der Waals surface area (Å²) in [5, 5.41) is 13.0. The number of aliphatic carboxylic acids is 1. The fraction of sp³-hybridized carbons (Fsp3) is 0.810. The summed E-state index contributed by atoms with van der Waals surface area (Å²) < 4.78 is 6.16. The number of ether oxygens (including phenoxy) is 1. The Kier molecular flexibility index (Phi) is 8.54. The summed E-state index contributed by atoms with van der Waals surface area (Å²) in [5.41, 5.74) is -1.08. The first-order valence-electron chi connectivity index (χ1n) is 19.8. The molecule has 1 heterocycles. The van der Waals surface area contributed by atoms with Crippen LogP contribution in [0.1, 0.15) is 126 Å². The zero-order valence-electron chi connectivity index (χ0n) is 32.0. The van der Waals surface area contributed by atoms with Gasteiger partial charge in [0.2, 0.25) is 5.91 Å². The Balaban J connectivity index is 1.07. The fourth-order valence-corrected chi connectivity index (χ4v) is 13.8. The van der Waals surface area contributed by atoms with E-state index in [2.05, 4.69) is 76.2 Å². The number of nitrogens with zero attached hydrogens (tertiary/aromatic N) is 2. The SMILES string of the molecule is CN1C(CNC(=O)C23CCCC2C2CCC4C5(C)CCC(OC(=O)CC(C)(C)C(=O)O)C(C)(C)C5CCC4(C)[C@]2(C)CC3)=NC2C=CC=CC21. The third kappa shape index (κ3) is 5.09. The topological polar surface area (TPSA) is 108 Å². The molecule has 0 aromatic rings. The number of aliphatic imine (C=N–C) groups is 1. The molecule has 11 atom stereocenters. The summed E-state index contributed by atoms with van der Waals surface area (Å²) in [7, 11) is 2.10. The largest absolute Gasteiger partial charge is 0.481 e. The highest BCUT2D eigenvalue weighted by molar-refractivity contribution is 5.92. The average Bonchev–Trinajstić information content (AvgIpc) is 3.63. The highest BCUT2D eigenvalue weighted by atomic mass is 16.5. The van der Waals surface area contributed by atoms with E-state index in [1.807, 2.05) is 0 Å². The van der Waals surface area contributed by atoms with Crippen molar-refractivity contribution in [1.82, 2.24) is 10.2 Å². The number of carboxylic acid groups (broad SMARTS) is 1. The molecule has 1 amide bonds. The van der Waals surface area contributed by atoms with Crippen molar-refractivity contribution in [1.29, 1.82) is 0 Å². The molecule has 7 rings (SSSR count). The summed E-state index contributed by atoms with van der Waals surface area (Å²) in [6.07, 6.45) is 20.1. The van der Waals surface area contributed by atoms with Gasteiger partial charge in [-0.25, -0.2) is 0 Å². The van der Waals surface area contributed by atoms with Crippen molar-refractivity contribution in [3.63, 3.8) is 0 Å². The van der Waals surface area contributed by atoms with Gasteiger partial charge in [0.15, 0.2) is 0 Å². The minimum atomic E-state index is -1.14. The zero-order valence-corrected chi connectivity index (χ0v) is 32.0. The van der Waals surface area contributed by atoms with Crippen molar-refractivity contribution < 1.29 is 24.2 Å². The Morgan fingerprint density at radius 1 is 0.900 bits per heavy atom. The molecule has 0 aromatic heterocycles. The van der Waals surface area contributed by atoms with E-state index in [1.165, 1.54) is 19.3 Å². The first-order valence-corrected chi connectivity index (χ1v) is 19.8. The number of fused-ring (bicyclic) bond motifs is 8. The van der Waals surface area contributed by atoms with Crippen LogP contribution >= 0.6 is 0 Å². The first kappa shape index (κ1) is 35.7. The van der Waals surface area contributed by atoms with Crippen molar-refractivity contribution >= 4 is 23.7 Å². The van der Waals surface area contributed by atoms with Gasteiger partial charge >= 0.3 is 11.9 Å². The van der Waals surface area contributed by atoms with Gasteiger partial charge in [0.1, 0.15) is 11.9 Å². The molecule has 8 heteroatoms. The number of carbonyl (C=O) groups excluding carboxylic acids is 2. The van der Waals surface area contributed by atoms with Crippen molar-refractivity contribution in [3.8, 4) is 0 Å². The van der Waals surface area contributed by atoms with E-state index in [1.54, 1.807) is 13.8 Å². The van der Waals surface area contributed by atoms with E-state index in [9.17, 15) is 19.5 Å². The zero-order chi connectivity index (χ0) is 36.1. The Bertz CT molecular complexity index is 1510. The summed E-state index contributed by atoms with van der Waals surface area (Å²) >= 11 is 0. The Hall–Kier alpha value is -2.64. The summed E-state index contributed by atoms with van der Waals surface area (Å²) in [6.45, 7) is 16.1. The molecule has 0 bridgehead atoms. The number of rotatable bonds is 7. The number of hydrogen-bond donors (Lipinski definition) is 2. The molecule has 1 aliphatic heterocycles. The van der Waals surface area contributed by atoms with Gasteiger partial charge in [-0.2, -0.15) is 0 Å². The van der Waals surface area contributed by atoms with Crippen LogP contribution in [0, 0.1) is 56.2 Å². The molecule has 276 valence electrons. The molecular formula is C42H63N3O5. The van der Waals surface area contributed by atoms with Crippen LogP contribution in [0.2, 0.25) is 0 Å².